The first-order chi connectivity index (χ1) is 17.9. The predicted octanol–water partition coefficient (Wildman–Crippen LogP) is 4.20. The molecule has 2 aliphatic rings. The summed E-state index contributed by atoms with van der Waals surface area (Å²) in [4.78, 5) is 18.4. The van der Waals surface area contributed by atoms with Gasteiger partial charge in [-0.15, -0.1) is 0 Å². The topological polar surface area (TPSA) is 78.4 Å². The normalized spacial score (nSPS) is 23.0. The Bertz CT molecular complexity index is 1560. The van der Waals surface area contributed by atoms with E-state index in [0.717, 1.165) is 55.5 Å². The Labute approximate surface area is 217 Å². The van der Waals surface area contributed by atoms with Gasteiger partial charge in [-0.2, -0.15) is 4.31 Å². The lowest BCUT2D eigenvalue weighted by molar-refractivity contribution is 0.169. The van der Waals surface area contributed by atoms with Crippen LogP contribution in [-0.4, -0.2) is 53.9 Å². The van der Waals surface area contributed by atoms with Crippen molar-refractivity contribution in [2.24, 2.45) is 5.92 Å². The number of piperidine rings is 1. The molecule has 6 rings (SSSR count). The van der Waals surface area contributed by atoms with Gasteiger partial charge in [0.1, 0.15) is 0 Å². The Morgan fingerprint density at radius 3 is 2.24 bits per heavy atom. The minimum Gasteiger partial charge on any atom is -0.306 e. The second-order valence-corrected chi connectivity index (χ2v) is 12.3. The Morgan fingerprint density at radius 1 is 0.919 bits per heavy atom. The fourth-order valence-electron chi connectivity index (χ4n) is 6.25. The monoisotopic (exact) mass is 516 g/mol. The molecule has 1 aliphatic carbocycles. The summed E-state index contributed by atoms with van der Waals surface area (Å²) < 4.78 is 30.8. The highest BCUT2D eigenvalue weighted by atomic mass is 32.2. The highest BCUT2D eigenvalue weighted by Crippen LogP contribution is 2.58. The molecule has 192 valence electrons. The molecular formula is C29H32N4O3S. The van der Waals surface area contributed by atoms with E-state index >= 15 is 0 Å². The molecule has 4 aromatic rings. The number of sulfonamides is 1. The molecule has 3 aromatic carbocycles. The molecule has 7 nitrogen and oxygen atoms in total. The van der Waals surface area contributed by atoms with Crippen LogP contribution in [0, 0.1) is 5.92 Å². The van der Waals surface area contributed by atoms with Gasteiger partial charge < -0.3 is 9.88 Å². The lowest BCUT2D eigenvalue weighted by Gasteiger charge is -2.34. The number of aromatic amines is 1. The Kier molecular flexibility index (Phi) is 6.06. The first kappa shape index (κ1) is 24.2. The van der Waals surface area contributed by atoms with E-state index in [1.54, 1.807) is 35.6 Å². The van der Waals surface area contributed by atoms with Crippen molar-refractivity contribution in [2.45, 2.75) is 35.7 Å². The average Bonchev–Trinajstić information content (AvgIpc) is 3.55. The molecule has 1 aliphatic heterocycles. The molecular weight excluding hydrogens is 484 g/mol. The van der Waals surface area contributed by atoms with Crippen LogP contribution in [0.15, 0.2) is 94.6 Å². The van der Waals surface area contributed by atoms with Crippen LogP contribution in [0.25, 0.3) is 11.0 Å². The number of H-pyrrole nitrogens is 1. The van der Waals surface area contributed by atoms with Crippen molar-refractivity contribution in [1.29, 1.82) is 0 Å². The number of nitrogens with one attached hydrogen (secondary N) is 1. The number of rotatable bonds is 7. The molecule has 8 heteroatoms. The number of hydrogen-bond donors (Lipinski definition) is 1. The molecule has 1 saturated heterocycles. The summed E-state index contributed by atoms with van der Waals surface area (Å²) in [6.07, 6.45) is 2.58. The number of hydrogen-bond acceptors (Lipinski definition) is 4. The van der Waals surface area contributed by atoms with E-state index < -0.39 is 15.6 Å². The number of benzene rings is 3. The number of fused-ring (bicyclic) bond motifs is 1. The zero-order valence-electron chi connectivity index (χ0n) is 21.0. The van der Waals surface area contributed by atoms with Crippen molar-refractivity contribution in [2.75, 3.05) is 26.7 Å². The Balaban J connectivity index is 1.20. The lowest BCUT2D eigenvalue weighted by Crippen LogP contribution is -2.42. The van der Waals surface area contributed by atoms with Crippen molar-refractivity contribution in [1.82, 2.24) is 18.8 Å². The van der Waals surface area contributed by atoms with Crippen LogP contribution in [0.4, 0.5) is 0 Å². The molecule has 1 saturated carbocycles. The van der Waals surface area contributed by atoms with Crippen molar-refractivity contribution in [3.05, 3.63) is 101 Å². The van der Waals surface area contributed by atoms with Crippen molar-refractivity contribution < 1.29 is 8.42 Å². The van der Waals surface area contributed by atoms with Crippen LogP contribution >= 0.6 is 0 Å². The third-order valence-electron chi connectivity index (χ3n) is 8.33. The number of para-hydroxylation sites is 2. The standard InChI is InChI=1S/C29H32N4O3S/c1-31(37(35,36)25-12-6-3-7-13-25)29(22-10-4-2-5-11-22)20-23(29)21-32-18-16-24(17-19-32)33-27-15-9-8-14-26(27)30-28(33)34/h2-15,23-24H,16-21H2,1H3,(H,30,34). The first-order valence-electron chi connectivity index (χ1n) is 12.9. The maximum atomic E-state index is 13.6. The van der Waals surface area contributed by atoms with E-state index in [9.17, 15) is 13.2 Å². The fourth-order valence-corrected chi connectivity index (χ4v) is 7.83. The minimum absolute atomic E-state index is 0.0438. The molecule has 2 atom stereocenters. The number of likely N-dealkylation sites (tertiary alicyclic amines) is 1. The van der Waals surface area contributed by atoms with Crippen LogP contribution in [-0.2, 0) is 15.6 Å². The first-order valence-corrected chi connectivity index (χ1v) is 14.4. The third-order valence-corrected chi connectivity index (χ3v) is 10.2. The molecule has 2 fully saturated rings. The summed E-state index contributed by atoms with van der Waals surface area (Å²) in [5.41, 5.74) is 2.28. The van der Waals surface area contributed by atoms with Crippen LogP contribution in [0.3, 0.4) is 0 Å². The Morgan fingerprint density at radius 2 is 1.54 bits per heavy atom. The molecule has 0 bridgehead atoms. The largest absolute Gasteiger partial charge is 0.326 e. The van der Waals surface area contributed by atoms with E-state index in [2.05, 4.69) is 9.88 Å². The van der Waals surface area contributed by atoms with Gasteiger partial charge in [0.2, 0.25) is 10.0 Å². The molecule has 37 heavy (non-hydrogen) atoms. The van der Waals surface area contributed by atoms with Crippen LogP contribution in [0.1, 0.15) is 30.9 Å². The van der Waals surface area contributed by atoms with E-state index in [1.807, 2.05) is 65.2 Å². The van der Waals surface area contributed by atoms with E-state index in [-0.39, 0.29) is 17.6 Å². The van der Waals surface area contributed by atoms with Gasteiger partial charge in [-0.25, -0.2) is 13.2 Å². The van der Waals surface area contributed by atoms with Crippen molar-refractivity contribution >= 4 is 21.1 Å². The zero-order valence-corrected chi connectivity index (χ0v) is 21.8. The van der Waals surface area contributed by atoms with Gasteiger partial charge in [-0.05, 0) is 55.0 Å². The SMILES string of the molecule is CN(C1(c2ccccc2)CC1CN1CCC(n2c(=O)[nH]c3ccccc32)CC1)S(=O)(=O)c1ccccc1. The smallest absolute Gasteiger partial charge is 0.306 e. The Hall–Kier alpha value is -3.20. The van der Waals surface area contributed by atoms with Crippen LogP contribution in [0.2, 0.25) is 0 Å². The lowest BCUT2D eigenvalue weighted by atomic mass is 10.0. The predicted molar refractivity (Wildman–Crippen MR) is 145 cm³/mol. The average molecular weight is 517 g/mol. The van der Waals surface area contributed by atoms with Crippen molar-refractivity contribution in [3.8, 4) is 0 Å². The van der Waals surface area contributed by atoms with Crippen LogP contribution in [0.5, 0.6) is 0 Å². The minimum atomic E-state index is -3.65. The molecule has 1 N–H and O–H groups in total. The van der Waals surface area contributed by atoms with E-state index in [0.29, 0.717) is 4.90 Å². The van der Waals surface area contributed by atoms with Gasteiger partial charge in [0.15, 0.2) is 0 Å². The maximum absolute atomic E-state index is 13.6. The fraction of sp³-hybridized carbons (Fsp3) is 0.345. The maximum Gasteiger partial charge on any atom is 0.326 e. The second kappa shape index (κ2) is 9.28. The van der Waals surface area contributed by atoms with Gasteiger partial charge in [0.25, 0.3) is 0 Å². The quantitative estimate of drug-likeness (QED) is 0.399. The molecule has 1 aromatic heterocycles. The van der Waals surface area contributed by atoms with Crippen LogP contribution < -0.4 is 5.69 Å². The molecule has 0 amide bonds. The van der Waals surface area contributed by atoms with E-state index in [1.165, 1.54) is 0 Å². The summed E-state index contributed by atoms with van der Waals surface area (Å²) >= 11 is 0. The van der Waals surface area contributed by atoms with Crippen molar-refractivity contribution in [3.63, 3.8) is 0 Å². The van der Waals surface area contributed by atoms with Gasteiger partial charge in [-0.3, -0.25) is 4.57 Å². The number of aromatic nitrogens is 2. The number of nitrogens with zero attached hydrogens (tertiary/aromatic N) is 3. The highest BCUT2D eigenvalue weighted by Gasteiger charge is 2.61. The van der Waals surface area contributed by atoms with Gasteiger partial charge in [0, 0.05) is 32.7 Å². The summed E-state index contributed by atoms with van der Waals surface area (Å²) in [6, 6.07) is 26.8. The molecule has 2 unspecified atom stereocenters. The second-order valence-electron chi connectivity index (χ2n) is 10.3. The molecule has 0 spiro atoms. The third kappa shape index (κ3) is 4.13. The highest BCUT2D eigenvalue weighted by molar-refractivity contribution is 7.89. The molecule has 2 heterocycles. The summed E-state index contributed by atoms with van der Waals surface area (Å²) in [5.74, 6) is 0.200. The van der Waals surface area contributed by atoms with Gasteiger partial charge in [-0.1, -0.05) is 60.7 Å². The number of imidazole rings is 1. The summed E-state index contributed by atoms with van der Waals surface area (Å²) in [5, 5.41) is 0. The summed E-state index contributed by atoms with van der Waals surface area (Å²) in [6.45, 7) is 2.60. The molecule has 0 radical (unpaired) electrons. The summed E-state index contributed by atoms with van der Waals surface area (Å²) in [7, 11) is -1.92. The van der Waals surface area contributed by atoms with Gasteiger partial charge in [0.05, 0.1) is 21.5 Å². The van der Waals surface area contributed by atoms with Gasteiger partial charge >= 0.3 is 5.69 Å². The zero-order chi connectivity index (χ0) is 25.6. The van der Waals surface area contributed by atoms with E-state index in [4.69, 9.17) is 0 Å².